The molecule has 0 spiro atoms. The Morgan fingerprint density at radius 2 is 1.44 bits per heavy atom. The topological polar surface area (TPSA) is 94.3 Å². The monoisotopic (exact) mass is 449 g/mol. The molecule has 2 saturated heterocycles. The largest absolute Gasteiger partial charge is 0.341 e. The number of pyridine rings is 1. The summed E-state index contributed by atoms with van der Waals surface area (Å²) in [5.41, 5.74) is 6.22. The lowest BCUT2D eigenvalue weighted by molar-refractivity contribution is 0.613. The Bertz CT molecular complexity index is 1490. The van der Waals surface area contributed by atoms with E-state index in [2.05, 4.69) is 68.1 Å². The lowest BCUT2D eigenvalue weighted by Gasteiger charge is -2.07. The molecule has 0 aliphatic carbocycles. The van der Waals surface area contributed by atoms with Gasteiger partial charge in [-0.05, 0) is 67.7 Å². The van der Waals surface area contributed by atoms with E-state index in [1.807, 2.05) is 12.4 Å². The van der Waals surface area contributed by atoms with Crippen LogP contribution in [-0.2, 0) is 0 Å². The van der Waals surface area contributed by atoms with Gasteiger partial charge in [-0.15, -0.1) is 0 Å². The van der Waals surface area contributed by atoms with Gasteiger partial charge >= 0.3 is 0 Å². The summed E-state index contributed by atoms with van der Waals surface area (Å²) < 4.78 is 0. The van der Waals surface area contributed by atoms with Gasteiger partial charge in [0.25, 0.3) is 0 Å². The highest BCUT2D eigenvalue weighted by atomic mass is 15.0. The average molecular weight is 450 g/mol. The van der Waals surface area contributed by atoms with Crippen molar-refractivity contribution in [2.75, 3.05) is 13.1 Å². The van der Waals surface area contributed by atoms with E-state index in [4.69, 9.17) is 9.97 Å². The van der Waals surface area contributed by atoms with Crippen LogP contribution < -0.4 is 10.6 Å². The molecule has 0 radical (unpaired) electrons. The Morgan fingerprint density at radius 1 is 0.706 bits per heavy atom. The van der Waals surface area contributed by atoms with Crippen molar-refractivity contribution in [2.24, 2.45) is 0 Å². The van der Waals surface area contributed by atoms with E-state index in [0.717, 1.165) is 71.1 Å². The second-order valence-electron chi connectivity index (χ2n) is 9.47. The van der Waals surface area contributed by atoms with Gasteiger partial charge in [0, 0.05) is 11.1 Å². The van der Waals surface area contributed by atoms with Gasteiger partial charge in [0.15, 0.2) is 0 Å². The average Bonchev–Trinajstić information content (AvgIpc) is 3.69. The maximum absolute atomic E-state index is 4.85. The van der Waals surface area contributed by atoms with Crippen LogP contribution in [0.15, 0.2) is 54.9 Å². The van der Waals surface area contributed by atoms with Crippen LogP contribution in [0.4, 0.5) is 0 Å². The minimum Gasteiger partial charge on any atom is -0.341 e. The third kappa shape index (κ3) is 3.48. The van der Waals surface area contributed by atoms with Gasteiger partial charge in [-0.25, -0.2) is 9.97 Å². The summed E-state index contributed by atoms with van der Waals surface area (Å²) in [5, 5.41) is 9.41. The maximum atomic E-state index is 4.85. The number of nitrogens with one attached hydrogen (secondary N) is 4. The quantitative estimate of drug-likeness (QED) is 0.309. The fourth-order valence-corrected chi connectivity index (χ4v) is 5.32. The molecule has 0 saturated carbocycles. The molecule has 3 aromatic heterocycles. The summed E-state index contributed by atoms with van der Waals surface area (Å²) in [6.07, 6.45) is 8.53. The van der Waals surface area contributed by atoms with Crippen LogP contribution in [-0.4, -0.2) is 38.0 Å². The van der Waals surface area contributed by atoms with E-state index in [9.17, 15) is 0 Å². The van der Waals surface area contributed by atoms with Gasteiger partial charge in [0.2, 0.25) is 0 Å². The molecular formula is C27H27N7. The molecule has 7 nitrogen and oxygen atoms in total. The molecule has 5 aromatic rings. The number of hydrogen-bond donors (Lipinski definition) is 4. The maximum Gasteiger partial charge on any atom is 0.124 e. The number of hydrogen-bond acceptors (Lipinski definition) is 5. The molecule has 2 atom stereocenters. The first-order valence-electron chi connectivity index (χ1n) is 12.2. The predicted molar refractivity (Wildman–Crippen MR) is 134 cm³/mol. The molecule has 2 unspecified atom stereocenters. The van der Waals surface area contributed by atoms with Gasteiger partial charge < -0.3 is 20.6 Å². The van der Waals surface area contributed by atoms with Crippen LogP contribution in [0.3, 0.4) is 0 Å². The molecule has 2 fully saturated rings. The Morgan fingerprint density at radius 3 is 2.21 bits per heavy atom. The summed E-state index contributed by atoms with van der Waals surface area (Å²) in [5.74, 6) is 2.05. The normalized spacial score (nSPS) is 20.6. The Labute approximate surface area is 197 Å². The van der Waals surface area contributed by atoms with Crippen molar-refractivity contribution in [1.82, 2.24) is 35.6 Å². The lowest BCUT2D eigenvalue weighted by Crippen LogP contribution is -2.14. The van der Waals surface area contributed by atoms with E-state index < -0.39 is 0 Å². The van der Waals surface area contributed by atoms with Crippen molar-refractivity contribution in [3.05, 3.63) is 66.5 Å². The highest BCUT2D eigenvalue weighted by molar-refractivity contribution is 5.91. The molecule has 2 aromatic carbocycles. The molecule has 7 heteroatoms. The van der Waals surface area contributed by atoms with Gasteiger partial charge in [-0.2, -0.15) is 0 Å². The Hall–Kier alpha value is -3.55. The first-order valence-corrected chi connectivity index (χ1v) is 12.2. The van der Waals surface area contributed by atoms with Gasteiger partial charge in [-0.1, -0.05) is 24.3 Å². The highest BCUT2D eigenvalue weighted by Crippen LogP contribution is 2.30. The molecular weight excluding hydrogens is 422 g/mol. The molecule has 5 heterocycles. The van der Waals surface area contributed by atoms with E-state index in [1.165, 1.54) is 23.6 Å². The predicted octanol–water partition coefficient (Wildman–Crippen LogP) is 5.02. The zero-order valence-corrected chi connectivity index (χ0v) is 18.9. The van der Waals surface area contributed by atoms with Crippen molar-refractivity contribution in [1.29, 1.82) is 0 Å². The van der Waals surface area contributed by atoms with Crippen molar-refractivity contribution in [3.8, 4) is 22.5 Å². The van der Waals surface area contributed by atoms with Gasteiger partial charge in [0.1, 0.15) is 11.6 Å². The van der Waals surface area contributed by atoms with E-state index in [-0.39, 0.29) is 0 Å². The molecule has 34 heavy (non-hydrogen) atoms. The van der Waals surface area contributed by atoms with Gasteiger partial charge in [-0.3, -0.25) is 4.98 Å². The number of H-pyrrole nitrogens is 2. The zero-order valence-electron chi connectivity index (χ0n) is 18.9. The SMILES string of the molecule is c1cc2cc(-c3cnc(C4CCCN4)[nH]3)ccc2cc1-c1cc2nc(C3CCCN3)[nH]c2cn1. The lowest BCUT2D eigenvalue weighted by atomic mass is 10.0. The zero-order chi connectivity index (χ0) is 22.5. The van der Waals surface area contributed by atoms with Crippen LogP contribution >= 0.6 is 0 Å². The third-order valence-electron chi connectivity index (χ3n) is 7.21. The smallest absolute Gasteiger partial charge is 0.124 e. The van der Waals surface area contributed by atoms with Crippen LogP contribution in [0.2, 0.25) is 0 Å². The summed E-state index contributed by atoms with van der Waals surface area (Å²) >= 11 is 0. The van der Waals surface area contributed by atoms with Crippen LogP contribution in [0, 0.1) is 0 Å². The van der Waals surface area contributed by atoms with Gasteiger partial charge in [0.05, 0.1) is 46.9 Å². The number of benzene rings is 2. The van der Waals surface area contributed by atoms with Crippen LogP contribution in [0.5, 0.6) is 0 Å². The summed E-state index contributed by atoms with van der Waals surface area (Å²) in [6, 6.07) is 15.9. The van der Waals surface area contributed by atoms with E-state index in [1.54, 1.807) is 0 Å². The number of rotatable bonds is 4. The molecule has 0 bridgehead atoms. The fourth-order valence-electron chi connectivity index (χ4n) is 5.32. The Kier molecular flexibility index (Phi) is 4.70. The van der Waals surface area contributed by atoms with Crippen molar-refractivity contribution in [3.63, 3.8) is 0 Å². The number of fused-ring (bicyclic) bond motifs is 2. The van der Waals surface area contributed by atoms with Crippen molar-refractivity contribution >= 4 is 21.8 Å². The van der Waals surface area contributed by atoms with Crippen molar-refractivity contribution < 1.29 is 0 Å². The second kappa shape index (κ2) is 8.04. The third-order valence-corrected chi connectivity index (χ3v) is 7.21. The molecule has 2 aliphatic heterocycles. The molecule has 7 rings (SSSR count). The fraction of sp³-hybridized carbons (Fsp3) is 0.296. The van der Waals surface area contributed by atoms with E-state index >= 15 is 0 Å². The first kappa shape index (κ1) is 19.9. The Balaban J connectivity index is 1.18. The molecule has 4 N–H and O–H groups in total. The summed E-state index contributed by atoms with van der Waals surface area (Å²) in [4.78, 5) is 21.1. The minimum atomic E-state index is 0.325. The number of imidazole rings is 2. The highest BCUT2D eigenvalue weighted by Gasteiger charge is 2.20. The first-order chi connectivity index (χ1) is 16.8. The summed E-state index contributed by atoms with van der Waals surface area (Å²) in [7, 11) is 0. The number of nitrogens with zero attached hydrogens (tertiary/aromatic N) is 3. The van der Waals surface area contributed by atoms with Crippen molar-refractivity contribution in [2.45, 2.75) is 37.8 Å². The number of aromatic nitrogens is 5. The van der Waals surface area contributed by atoms with Crippen LogP contribution in [0.1, 0.15) is 49.4 Å². The summed E-state index contributed by atoms with van der Waals surface area (Å²) in [6.45, 7) is 2.13. The number of aromatic amines is 2. The molecule has 0 amide bonds. The standard InChI is InChI=1S/C27H27N7/c1-3-20(28-9-1)26-31-14-24(33-26)19-8-6-16-11-18(7-5-17(16)12-19)22-13-23-25(15-30-22)34-27(32-23)21-4-2-10-29-21/h5-8,11-15,20-21,28-29H,1-4,9-10H2,(H,31,33)(H,32,34). The van der Waals surface area contributed by atoms with E-state index in [0.29, 0.717) is 12.1 Å². The minimum absolute atomic E-state index is 0.325. The molecule has 2 aliphatic rings. The van der Waals surface area contributed by atoms with Crippen LogP contribution in [0.25, 0.3) is 44.3 Å². The second-order valence-corrected chi connectivity index (χ2v) is 9.47. The molecule has 170 valence electrons.